The Morgan fingerprint density at radius 3 is 2.94 bits per heavy atom. The van der Waals surface area contributed by atoms with E-state index in [1.54, 1.807) is 7.11 Å². The van der Waals surface area contributed by atoms with Gasteiger partial charge in [-0.3, -0.25) is 9.69 Å². The fraction of sp³-hybridized carbons (Fsp3) is 0.500. The zero-order valence-corrected chi connectivity index (χ0v) is 11.0. The summed E-state index contributed by atoms with van der Waals surface area (Å²) in [7, 11) is 3.64. The lowest BCUT2D eigenvalue weighted by molar-refractivity contribution is -0.125. The number of ether oxygens (including phenoxy) is 1. The van der Waals surface area contributed by atoms with Crippen LogP contribution in [0.25, 0.3) is 0 Å². The van der Waals surface area contributed by atoms with E-state index in [-0.39, 0.29) is 11.9 Å². The summed E-state index contributed by atoms with van der Waals surface area (Å²) in [6.07, 6.45) is 2.05. The highest BCUT2D eigenvalue weighted by Gasteiger charge is 2.27. The number of nitrogens with one attached hydrogen (secondary N) is 1. The summed E-state index contributed by atoms with van der Waals surface area (Å²) in [5, 5.41) is 2.99. The molecule has 0 radical (unpaired) electrons. The summed E-state index contributed by atoms with van der Waals surface area (Å²) in [4.78, 5) is 14.1. The number of likely N-dealkylation sites (tertiary alicyclic amines) is 1. The molecule has 1 amide bonds. The van der Waals surface area contributed by atoms with E-state index in [1.165, 1.54) is 0 Å². The Morgan fingerprint density at radius 2 is 2.28 bits per heavy atom. The Kier molecular flexibility index (Phi) is 4.20. The number of likely N-dealkylation sites (N-methyl/N-ethyl adjacent to an activating group) is 1. The molecule has 1 aliphatic heterocycles. The quantitative estimate of drug-likeness (QED) is 0.876. The highest BCUT2D eigenvalue weighted by molar-refractivity contribution is 5.82. The second-order valence-corrected chi connectivity index (χ2v) is 4.67. The normalized spacial score (nSPS) is 19.8. The van der Waals surface area contributed by atoms with E-state index < -0.39 is 0 Å². The molecule has 1 aromatic carbocycles. The van der Waals surface area contributed by atoms with Crippen LogP contribution in [0, 0.1) is 0 Å². The van der Waals surface area contributed by atoms with Crippen molar-refractivity contribution in [3.63, 3.8) is 0 Å². The number of nitrogens with zero attached hydrogens (tertiary/aromatic N) is 1. The van der Waals surface area contributed by atoms with Gasteiger partial charge in [0, 0.05) is 12.1 Å². The Labute approximate surface area is 108 Å². The molecule has 4 nitrogen and oxygen atoms in total. The lowest BCUT2D eigenvalue weighted by Gasteiger charge is -2.19. The fourth-order valence-electron chi connectivity index (χ4n) is 2.39. The van der Waals surface area contributed by atoms with Gasteiger partial charge in [-0.05, 0) is 32.5 Å². The predicted octanol–water partition coefficient (Wildman–Crippen LogP) is 1.41. The van der Waals surface area contributed by atoms with Crippen molar-refractivity contribution >= 4 is 5.91 Å². The van der Waals surface area contributed by atoms with Crippen molar-refractivity contribution in [1.82, 2.24) is 10.2 Å². The fourth-order valence-corrected chi connectivity index (χ4v) is 2.39. The lowest BCUT2D eigenvalue weighted by Crippen LogP contribution is -2.41. The minimum Gasteiger partial charge on any atom is -0.496 e. The third-order valence-electron chi connectivity index (χ3n) is 3.47. The lowest BCUT2D eigenvalue weighted by atomic mass is 10.1. The van der Waals surface area contributed by atoms with E-state index in [4.69, 9.17) is 4.74 Å². The molecule has 1 aliphatic rings. The monoisotopic (exact) mass is 248 g/mol. The van der Waals surface area contributed by atoms with Gasteiger partial charge in [0.2, 0.25) is 5.91 Å². The van der Waals surface area contributed by atoms with Gasteiger partial charge in [-0.1, -0.05) is 18.2 Å². The number of hydrogen-bond acceptors (Lipinski definition) is 3. The number of hydrogen-bond donors (Lipinski definition) is 1. The Morgan fingerprint density at radius 1 is 1.50 bits per heavy atom. The Balaban J connectivity index is 1.93. The summed E-state index contributed by atoms with van der Waals surface area (Å²) in [5.74, 6) is 0.929. The van der Waals surface area contributed by atoms with Gasteiger partial charge < -0.3 is 10.1 Å². The summed E-state index contributed by atoms with van der Waals surface area (Å²) in [5.41, 5.74) is 1.01. The number of benzene rings is 1. The van der Waals surface area contributed by atoms with Crippen LogP contribution in [0.1, 0.15) is 18.4 Å². The van der Waals surface area contributed by atoms with E-state index in [2.05, 4.69) is 10.2 Å². The maximum Gasteiger partial charge on any atom is 0.237 e. The number of carbonyl (C=O) groups is 1. The molecular weight excluding hydrogens is 228 g/mol. The number of rotatable bonds is 4. The number of carbonyl (C=O) groups excluding carboxylic acids is 1. The molecule has 4 heteroatoms. The molecular formula is C14H20N2O2. The van der Waals surface area contributed by atoms with Crippen LogP contribution in [-0.2, 0) is 11.3 Å². The van der Waals surface area contributed by atoms with E-state index >= 15 is 0 Å². The van der Waals surface area contributed by atoms with Gasteiger partial charge >= 0.3 is 0 Å². The predicted molar refractivity (Wildman–Crippen MR) is 70.5 cm³/mol. The molecule has 0 aliphatic carbocycles. The standard InChI is InChI=1S/C14H20N2O2/c1-16-9-5-7-12(16)14(17)15-10-11-6-3-4-8-13(11)18-2/h3-4,6,8,12H,5,7,9-10H2,1-2H3,(H,15,17). The minimum absolute atomic E-state index is 0.0275. The van der Waals surface area contributed by atoms with E-state index in [9.17, 15) is 4.79 Å². The van der Waals surface area contributed by atoms with Crippen LogP contribution in [0.5, 0.6) is 5.75 Å². The van der Waals surface area contributed by atoms with Crippen molar-refractivity contribution in [1.29, 1.82) is 0 Å². The number of amides is 1. The van der Waals surface area contributed by atoms with Gasteiger partial charge in [0.05, 0.1) is 13.2 Å². The highest BCUT2D eigenvalue weighted by Crippen LogP contribution is 2.18. The second-order valence-electron chi connectivity index (χ2n) is 4.67. The first-order valence-corrected chi connectivity index (χ1v) is 6.32. The molecule has 0 spiro atoms. The molecule has 1 aromatic rings. The van der Waals surface area contributed by atoms with Crippen molar-refractivity contribution in [2.45, 2.75) is 25.4 Å². The SMILES string of the molecule is COc1ccccc1CNC(=O)C1CCCN1C. The van der Waals surface area contributed by atoms with E-state index in [0.29, 0.717) is 6.54 Å². The van der Waals surface area contributed by atoms with Gasteiger partial charge in [0.25, 0.3) is 0 Å². The first kappa shape index (κ1) is 12.9. The Bertz CT molecular complexity index is 420. The highest BCUT2D eigenvalue weighted by atomic mass is 16.5. The maximum absolute atomic E-state index is 12.0. The molecule has 0 aromatic heterocycles. The van der Waals surface area contributed by atoms with Crippen LogP contribution < -0.4 is 10.1 Å². The molecule has 1 atom stereocenters. The van der Waals surface area contributed by atoms with Crippen LogP contribution in [-0.4, -0.2) is 37.6 Å². The summed E-state index contributed by atoms with van der Waals surface area (Å²) in [6.45, 7) is 1.53. The smallest absolute Gasteiger partial charge is 0.237 e. The minimum atomic E-state index is 0.0275. The molecule has 0 bridgehead atoms. The van der Waals surface area contributed by atoms with Crippen LogP contribution in [0.4, 0.5) is 0 Å². The van der Waals surface area contributed by atoms with Gasteiger partial charge in [-0.25, -0.2) is 0 Å². The molecule has 1 saturated heterocycles. The molecule has 1 unspecified atom stereocenters. The van der Waals surface area contributed by atoms with Crippen LogP contribution in [0.2, 0.25) is 0 Å². The zero-order valence-electron chi connectivity index (χ0n) is 11.0. The first-order chi connectivity index (χ1) is 8.72. The molecule has 1 N–H and O–H groups in total. The molecule has 18 heavy (non-hydrogen) atoms. The molecule has 0 saturated carbocycles. The van der Waals surface area contributed by atoms with Gasteiger partial charge in [0.15, 0.2) is 0 Å². The summed E-state index contributed by atoms with van der Waals surface area (Å²) < 4.78 is 5.26. The van der Waals surface area contributed by atoms with Crippen LogP contribution in [0.15, 0.2) is 24.3 Å². The van der Waals surface area contributed by atoms with E-state index in [0.717, 1.165) is 30.7 Å². The van der Waals surface area contributed by atoms with Crippen molar-refractivity contribution in [3.05, 3.63) is 29.8 Å². The van der Waals surface area contributed by atoms with Gasteiger partial charge in [0.1, 0.15) is 5.75 Å². The second kappa shape index (κ2) is 5.87. The van der Waals surface area contributed by atoms with E-state index in [1.807, 2.05) is 31.3 Å². The topological polar surface area (TPSA) is 41.6 Å². The average Bonchev–Trinajstić information content (AvgIpc) is 2.82. The largest absolute Gasteiger partial charge is 0.496 e. The van der Waals surface area contributed by atoms with Crippen molar-refractivity contribution in [2.24, 2.45) is 0 Å². The average molecular weight is 248 g/mol. The summed E-state index contributed by atoms with van der Waals surface area (Å²) >= 11 is 0. The molecule has 1 fully saturated rings. The van der Waals surface area contributed by atoms with Crippen molar-refractivity contribution < 1.29 is 9.53 Å². The third kappa shape index (κ3) is 2.82. The number of methoxy groups -OCH3 is 1. The Hall–Kier alpha value is -1.55. The van der Waals surface area contributed by atoms with Gasteiger partial charge in [-0.2, -0.15) is 0 Å². The third-order valence-corrected chi connectivity index (χ3v) is 3.47. The first-order valence-electron chi connectivity index (χ1n) is 6.32. The van der Waals surface area contributed by atoms with Crippen molar-refractivity contribution in [3.8, 4) is 5.75 Å². The zero-order chi connectivity index (χ0) is 13.0. The molecule has 1 heterocycles. The molecule has 98 valence electrons. The van der Waals surface area contributed by atoms with Crippen molar-refractivity contribution in [2.75, 3.05) is 20.7 Å². The summed E-state index contributed by atoms with van der Waals surface area (Å²) in [6, 6.07) is 7.78. The van der Waals surface area contributed by atoms with Crippen LogP contribution >= 0.6 is 0 Å². The maximum atomic E-state index is 12.0. The number of para-hydroxylation sites is 1. The van der Waals surface area contributed by atoms with Gasteiger partial charge in [-0.15, -0.1) is 0 Å². The molecule has 2 rings (SSSR count). The van der Waals surface area contributed by atoms with Crippen LogP contribution in [0.3, 0.4) is 0 Å².